The molecular weight excluding hydrogens is 448 g/mol. The number of likely N-dealkylation sites (N-methyl/N-ethyl adjacent to an activating group) is 1. The van der Waals surface area contributed by atoms with Crippen LogP contribution >= 0.6 is 11.8 Å². The summed E-state index contributed by atoms with van der Waals surface area (Å²) in [6.45, 7) is 3.71. The zero-order valence-corrected chi connectivity index (χ0v) is 18.4. The average Bonchev–Trinajstić information content (AvgIpc) is 3.28. The van der Waals surface area contributed by atoms with Crippen molar-refractivity contribution in [1.82, 2.24) is 9.80 Å². The van der Waals surface area contributed by atoms with Crippen molar-refractivity contribution in [2.24, 2.45) is 0 Å². The van der Waals surface area contributed by atoms with E-state index in [1.165, 1.54) is 0 Å². The van der Waals surface area contributed by atoms with Crippen molar-refractivity contribution in [3.05, 3.63) is 77.0 Å². The molecule has 9 nitrogen and oxygen atoms in total. The lowest BCUT2D eigenvalue weighted by molar-refractivity contribution is -0.218. The molecule has 10 heteroatoms. The Bertz CT molecular complexity index is 1130. The topological polar surface area (TPSA) is 106 Å². The smallest absolute Gasteiger partial charge is 0.409 e. The van der Waals surface area contributed by atoms with E-state index in [4.69, 9.17) is 14.7 Å². The van der Waals surface area contributed by atoms with Crippen molar-refractivity contribution in [3.63, 3.8) is 0 Å². The van der Waals surface area contributed by atoms with Gasteiger partial charge in [0, 0.05) is 7.05 Å². The minimum absolute atomic E-state index is 0.0208. The van der Waals surface area contributed by atoms with Crippen molar-refractivity contribution in [3.8, 4) is 11.5 Å². The van der Waals surface area contributed by atoms with Gasteiger partial charge in [0.25, 0.3) is 5.91 Å². The first kappa shape index (κ1) is 22.4. The van der Waals surface area contributed by atoms with E-state index in [9.17, 15) is 14.4 Å². The van der Waals surface area contributed by atoms with Gasteiger partial charge in [0.05, 0.1) is 10.9 Å². The summed E-state index contributed by atoms with van der Waals surface area (Å²) in [5.41, 5.74) is 1.76. The SMILES string of the molecule is C=C(OO)N1C(=O)S/C(=C/c2ccc(Oc3ccc(CC4COC(=O)N4C)cc3)cc2)C1=O. The van der Waals surface area contributed by atoms with Gasteiger partial charge in [-0.15, -0.1) is 0 Å². The minimum Gasteiger partial charge on any atom is -0.457 e. The van der Waals surface area contributed by atoms with Gasteiger partial charge in [-0.25, -0.2) is 15.0 Å². The number of nitrogens with zero attached hydrogens (tertiary/aromatic N) is 2. The number of amides is 3. The zero-order chi connectivity index (χ0) is 23.5. The van der Waals surface area contributed by atoms with Crippen LogP contribution in [0.5, 0.6) is 11.5 Å². The van der Waals surface area contributed by atoms with E-state index in [0.717, 1.165) is 17.3 Å². The third-order valence-corrected chi connectivity index (χ3v) is 6.06. The lowest BCUT2D eigenvalue weighted by atomic mass is 10.1. The van der Waals surface area contributed by atoms with Gasteiger partial charge in [0.2, 0.25) is 5.88 Å². The van der Waals surface area contributed by atoms with E-state index in [2.05, 4.69) is 11.5 Å². The summed E-state index contributed by atoms with van der Waals surface area (Å²) in [4.78, 5) is 42.1. The molecule has 0 radical (unpaired) electrons. The highest BCUT2D eigenvalue weighted by atomic mass is 32.2. The maximum atomic E-state index is 12.3. The van der Waals surface area contributed by atoms with Crippen LogP contribution in [0.25, 0.3) is 6.08 Å². The van der Waals surface area contributed by atoms with Gasteiger partial charge in [-0.1, -0.05) is 24.3 Å². The molecule has 2 aliphatic rings. The molecule has 1 atom stereocenters. The molecule has 0 aliphatic carbocycles. The molecule has 33 heavy (non-hydrogen) atoms. The molecule has 2 aliphatic heterocycles. The molecule has 2 saturated heterocycles. The number of imide groups is 1. The van der Waals surface area contributed by atoms with Gasteiger partial charge in [0.15, 0.2) is 0 Å². The fraction of sp³-hybridized carbons (Fsp3) is 0.174. The Morgan fingerprint density at radius 3 is 2.36 bits per heavy atom. The Balaban J connectivity index is 1.37. The number of benzene rings is 2. The highest BCUT2D eigenvalue weighted by molar-refractivity contribution is 8.18. The van der Waals surface area contributed by atoms with Crippen LogP contribution in [-0.2, 0) is 20.8 Å². The van der Waals surface area contributed by atoms with Gasteiger partial charge >= 0.3 is 11.3 Å². The molecule has 2 heterocycles. The Hall–Kier alpha value is -3.76. The molecular formula is C23H20N2O7S. The Kier molecular flexibility index (Phi) is 6.38. The number of carbonyl (C=O) groups is 3. The highest BCUT2D eigenvalue weighted by Gasteiger charge is 2.38. The summed E-state index contributed by atoms with van der Waals surface area (Å²) >= 11 is 0.726. The number of thioether (sulfide) groups is 1. The van der Waals surface area contributed by atoms with Crippen molar-refractivity contribution in [2.45, 2.75) is 12.5 Å². The quantitative estimate of drug-likeness (QED) is 0.275. The summed E-state index contributed by atoms with van der Waals surface area (Å²) in [6.07, 6.45) is 1.95. The molecule has 0 saturated carbocycles. The second kappa shape index (κ2) is 9.39. The first-order valence-electron chi connectivity index (χ1n) is 9.90. The highest BCUT2D eigenvalue weighted by Crippen LogP contribution is 2.34. The molecule has 2 fully saturated rings. The van der Waals surface area contributed by atoms with Crippen LogP contribution in [0.2, 0.25) is 0 Å². The molecule has 4 rings (SSSR count). The molecule has 2 aromatic carbocycles. The minimum atomic E-state index is -0.621. The third kappa shape index (κ3) is 4.86. The molecule has 170 valence electrons. The van der Waals surface area contributed by atoms with Gasteiger partial charge in [-0.3, -0.25) is 9.59 Å². The number of hydrogen-bond donors (Lipinski definition) is 1. The second-order valence-corrected chi connectivity index (χ2v) is 8.36. The van der Waals surface area contributed by atoms with Crippen molar-refractivity contribution >= 4 is 35.1 Å². The Morgan fingerprint density at radius 2 is 1.79 bits per heavy atom. The third-order valence-electron chi connectivity index (χ3n) is 5.19. The summed E-state index contributed by atoms with van der Waals surface area (Å²) in [5, 5.41) is 8.05. The lowest BCUT2D eigenvalue weighted by Gasteiger charge is -2.16. The fourth-order valence-electron chi connectivity index (χ4n) is 3.33. The van der Waals surface area contributed by atoms with E-state index in [0.29, 0.717) is 35.0 Å². The summed E-state index contributed by atoms with van der Waals surface area (Å²) in [6, 6.07) is 14.6. The first-order chi connectivity index (χ1) is 15.9. The van der Waals surface area contributed by atoms with Crippen LogP contribution in [0.15, 0.2) is 65.9 Å². The van der Waals surface area contributed by atoms with Crippen LogP contribution in [0.4, 0.5) is 9.59 Å². The van der Waals surface area contributed by atoms with E-state index < -0.39 is 17.0 Å². The molecule has 0 bridgehead atoms. The zero-order valence-electron chi connectivity index (χ0n) is 17.6. The monoisotopic (exact) mass is 468 g/mol. The molecule has 2 aromatic rings. The van der Waals surface area contributed by atoms with Crippen LogP contribution < -0.4 is 4.74 Å². The van der Waals surface area contributed by atoms with Gasteiger partial charge in [-0.05, 0) is 66.2 Å². The largest absolute Gasteiger partial charge is 0.457 e. The van der Waals surface area contributed by atoms with E-state index in [-0.39, 0.29) is 17.0 Å². The van der Waals surface area contributed by atoms with Crippen LogP contribution in [-0.4, -0.2) is 52.0 Å². The first-order valence-corrected chi connectivity index (χ1v) is 10.7. The summed E-state index contributed by atoms with van der Waals surface area (Å²) in [5.74, 6) is 0.184. The van der Waals surface area contributed by atoms with E-state index in [1.807, 2.05) is 24.3 Å². The second-order valence-electron chi connectivity index (χ2n) is 7.36. The Morgan fingerprint density at radius 1 is 1.15 bits per heavy atom. The normalized spacial score (nSPS) is 19.3. The van der Waals surface area contributed by atoms with Crippen molar-refractivity contribution in [1.29, 1.82) is 0 Å². The number of carbonyl (C=O) groups excluding carboxylic acids is 3. The molecule has 0 spiro atoms. The Labute approximate surface area is 193 Å². The molecule has 0 aromatic heterocycles. The number of cyclic esters (lactones) is 1. The van der Waals surface area contributed by atoms with E-state index >= 15 is 0 Å². The summed E-state index contributed by atoms with van der Waals surface area (Å²) < 4.78 is 10.9. The van der Waals surface area contributed by atoms with Gasteiger partial charge < -0.3 is 19.3 Å². The van der Waals surface area contributed by atoms with Crippen LogP contribution in [0.3, 0.4) is 0 Å². The van der Waals surface area contributed by atoms with E-state index in [1.54, 1.807) is 42.3 Å². The standard InChI is InChI=1S/C23H20N2O7S/c1-14(32-29)25-21(26)20(33-23(25)28)12-16-5-9-19(10-6-16)31-18-7-3-15(4-8-18)11-17-13-30-22(27)24(17)2/h3-10,12,17,29H,1,11,13H2,2H3/b20-12+. The number of hydrogen-bond acceptors (Lipinski definition) is 8. The molecule has 3 amide bonds. The molecule has 1 unspecified atom stereocenters. The van der Waals surface area contributed by atoms with Gasteiger partial charge in [0.1, 0.15) is 18.1 Å². The lowest BCUT2D eigenvalue weighted by Crippen LogP contribution is -2.30. The van der Waals surface area contributed by atoms with Crippen molar-refractivity contribution < 1.29 is 34.0 Å². The average molecular weight is 468 g/mol. The fourth-order valence-corrected chi connectivity index (χ4v) is 4.17. The predicted octanol–water partition coefficient (Wildman–Crippen LogP) is 4.47. The maximum absolute atomic E-state index is 12.3. The van der Waals surface area contributed by atoms with Crippen LogP contribution in [0.1, 0.15) is 11.1 Å². The summed E-state index contributed by atoms with van der Waals surface area (Å²) in [7, 11) is 1.73. The predicted molar refractivity (Wildman–Crippen MR) is 120 cm³/mol. The number of rotatable bonds is 7. The van der Waals surface area contributed by atoms with Crippen molar-refractivity contribution in [2.75, 3.05) is 13.7 Å². The van der Waals surface area contributed by atoms with Crippen LogP contribution in [0, 0.1) is 0 Å². The van der Waals surface area contributed by atoms with Gasteiger partial charge in [-0.2, -0.15) is 0 Å². The maximum Gasteiger partial charge on any atom is 0.409 e. The number of ether oxygens (including phenoxy) is 2. The molecule has 1 N–H and O–H groups in total.